The topological polar surface area (TPSA) is 89.3 Å². The highest BCUT2D eigenvalue weighted by molar-refractivity contribution is 7.99. The first-order valence-electron chi connectivity index (χ1n) is 5.33. The van der Waals surface area contributed by atoms with Crippen LogP contribution in [0.15, 0.2) is 23.1 Å². The van der Waals surface area contributed by atoms with Gasteiger partial charge in [0.1, 0.15) is 0 Å². The molecule has 0 aliphatic carbocycles. The van der Waals surface area contributed by atoms with Crippen molar-refractivity contribution in [2.45, 2.75) is 4.90 Å². The van der Waals surface area contributed by atoms with Gasteiger partial charge in [-0.05, 0) is 6.07 Å². The second kappa shape index (κ2) is 7.23. The number of nitrogens with zero attached hydrogens (tertiary/aromatic N) is 1. The quantitative estimate of drug-likeness (QED) is 0.355. The Morgan fingerprint density at radius 3 is 2.75 bits per heavy atom. The van der Waals surface area contributed by atoms with Crippen LogP contribution in [0.5, 0.6) is 0 Å². The molecule has 0 amide bonds. The lowest BCUT2D eigenvalue weighted by Crippen LogP contribution is -2.26. The van der Waals surface area contributed by atoms with Crippen LogP contribution < -0.4 is 4.72 Å². The number of hydrogen-bond acceptors (Lipinski definition) is 5. The van der Waals surface area contributed by atoms with Crippen molar-refractivity contribution in [1.29, 1.82) is 0 Å². The Morgan fingerprint density at radius 1 is 1.50 bits per heavy atom. The van der Waals surface area contributed by atoms with Gasteiger partial charge in [-0.25, -0.2) is 13.1 Å². The van der Waals surface area contributed by atoms with Gasteiger partial charge in [-0.2, -0.15) is 4.39 Å². The van der Waals surface area contributed by atoms with Crippen LogP contribution in [0.1, 0.15) is 0 Å². The van der Waals surface area contributed by atoms with Gasteiger partial charge in [0.15, 0.2) is 0 Å². The van der Waals surface area contributed by atoms with Gasteiger partial charge in [0.2, 0.25) is 15.8 Å². The number of halogens is 1. The molecule has 1 aromatic carbocycles. The summed E-state index contributed by atoms with van der Waals surface area (Å²) in [6.07, 6.45) is 5.04. The Hall–Kier alpha value is -1.63. The van der Waals surface area contributed by atoms with E-state index in [9.17, 15) is 22.9 Å². The van der Waals surface area contributed by atoms with Crippen LogP contribution >= 0.6 is 11.8 Å². The van der Waals surface area contributed by atoms with Gasteiger partial charge in [0.25, 0.3) is 0 Å². The Kier molecular flexibility index (Phi) is 5.94. The van der Waals surface area contributed by atoms with Crippen molar-refractivity contribution >= 4 is 27.5 Å². The summed E-state index contributed by atoms with van der Waals surface area (Å²) < 4.78 is 39.2. The van der Waals surface area contributed by atoms with E-state index in [2.05, 4.69) is 10.6 Å². The smallest absolute Gasteiger partial charge is 0.258 e. The maximum absolute atomic E-state index is 13.4. The Labute approximate surface area is 120 Å². The van der Waals surface area contributed by atoms with E-state index in [1.165, 1.54) is 11.8 Å². The minimum atomic E-state index is -3.89. The standard InChI is InChI=1S/C11H11FN2O4S2/c1-2-6-19-7-5-13-20(17,18)9-3-4-11(14(15)16)10(12)8-9/h1,3-4,8,13H,5-7H2. The highest BCUT2D eigenvalue weighted by Gasteiger charge is 2.20. The molecule has 0 unspecified atom stereocenters. The third kappa shape index (κ3) is 4.48. The SMILES string of the molecule is C#CCSCCNS(=O)(=O)c1ccc([N+](=O)[O-])c(F)c1. The second-order valence-corrected chi connectivity index (χ2v) is 6.40. The van der Waals surface area contributed by atoms with E-state index in [-0.39, 0.29) is 11.4 Å². The third-order valence-electron chi connectivity index (χ3n) is 2.15. The minimum absolute atomic E-state index is 0.132. The third-order valence-corrected chi connectivity index (χ3v) is 4.47. The molecule has 0 aromatic heterocycles. The van der Waals surface area contributed by atoms with Gasteiger partial charge in [-0.1, -0.05) is 5.92 Å². The molecule has 0 atom stereocenters. The molecule has 6 nitrogen and oxygen atoms in total. The summed E-state index contributed by atoms with van der Waals surface area (Å²) in [7, 11) is -3.89. The van der Waals surface area contributed by atoms with Crippen LogP contribution in [0.4, 0.5) is 10.1 Å². The molecule has 0 heterocycles. The zero-order valence-electron chi connectivity index (χ0n) is 10.2. The normalized spacial score (nSPS) is 11.0. The first-order chi connectivity index (χ1) is 9.38. The molecule has 1 rings (SSSR count). The van der Waals surface area contributed by atoms with E-state index < -0.39 is 26.5 Å². The zero-order valence-corrected chi connectivity index (χ0v) is 11.8. The summed E-state index contributed by atoms with van der Waals surface area (Å²) in [6, 6.07) is 2.42. The number of benzene rings is 1. The Bertz CT molecular complexity index is 640. The summed E-state index contributed by atoms with van der Waals surface area (Å²) >= 11 is 1.37. The Balaban J connectivity index is 2.76. The van der Waals surface area contributed by atoms with Gasteiger partial charge in [0.05, 0.1) is 15.6 Å². The monoisotopic (exact) mass is 318 g/mol. The highest BCUT2D eigenvalue weighted by Crippen LogP contribution is 2.20. The summed E-state index contributed by atoms with van der Waals surface area (Å²) in [5, 5.41) is 10.4. The number of sulfonamides is 1. The predicted octanol–water partition coefficient (Wildman–Crippen LogP) is 1.38. The number of thioether (sulfide) groups is 1. The van der Waals surface area contributed by atoms with E-state index in [1.54, 1.807) is 0 Å². The van der Waals surface area contributed by atoms with Crippen molar-refractivity contribution in [2.75, 3.05) is 18.1 Å². The fraction of sp³-hybridized carbons (Fsp3) is 0.273. The van der Waals surface area contributed by atoms with Gasteiger partial charge in [-0.3, -0.25) is 10.1 Å². The molecule has 0 saturated carbocycles. The molecule has 0 aliphatic heterocycles. The molecule has 20 heavy (non-hydrogen) atoms. The largest absolute Gasteiger partial charge is 0.304 e. The van der Waals surface area contributed by atoms with Crippen molar-refractivity contribution < 1.29 is 17.7 Å². The molecule has 108 valence electrons. The molecular weight excluding hydrogens is 307 g/mol. The summed E-state index contributed by atoms with van der Waals surface area (Å²) in [5.41, 5.74) is -0.770. The van der Waals surface area contributed by atoms with E-state index in [0.717, 1.165) is 12.1 Å². The Morgan fingerprint density at radius 2 is 2.20 bits per heavy atom. The van der Waals surface area contributed by atoms with Crippen LogP contribution in [-0.2, 0) is 10.0 Å². The van der Waals surface area contributed by atoms with Crippen LogP contribution in [0.2, 0.25) is 0 Å². The lowest BCUT2D eigenvalue weighted by atomic mass is 10.3. The molecule has 0 radical (unpaired) electrons. The predicted molar refractivity (Wildman–Crippen MR) is 74.4 cm³/mol. The van der Waals surface area contributed by atoms with Crippen molar-refractivity contribution in [1.82, 2.24) is 4.72 Å². The van der Waals surface area contributed by atoms with Crippen molar-refractivity contribution in [3.8, 4) is 12.3 Å². The number of nitrogens with one attached hydrogen (secondary N) is 1. The molecule has 0 saturated heterocycles. The number of rotatable bonds is 7. The minimum Gasteiger partial charge on any atom is -0.258 e. The van der Waals surface area contributed by atoms with Crippen molar-refractivity contribution in [3.05, 3.63) is 34.1 Å². The van der Waals surface area contributed by atoms with Crippen LogP contribution in [0, 0.1) is 28.3 Å². The maximum Gasteiger partial charge on any atom is 0.304 e. The second-order valence-electron chi connectivity index (χ2n) is 3.52. The molecule has 0 aliphatic rings. The van der Waals surface area contributed by atoms with E-state index in [1.807, 2.05) is 0 Å². The lowest BCUT2D eigenvalue weighted by Gasteiger charge is -2.06. The molecule has 0 bridgehead atoms. The fourth-order valence-electron chi connectivity index (χ4n) is 1.27. The molecule has 9 heteroatoms. The summed E-state index contributed by atoms with van der Waals surface area (Å²) in [6.45, 7) is 0.132. The molecule has 1 N–H and O–H groups in total. The average molecular weight is 318 g/mol. The fourth-order valence-corrected chi connectivity index (χ4v) is 2.95. The number of terminal acetylenes is 1. The van der Waals surface area contributed by atoms with Gasteiger partial charge in [-0.15, -0.1) is 18.2 Å². The maximum atomic E-state index is 13.4. The van der Waals surface area contributed by atoms with Crippen LogP contribution in [-0.4, -0.2) is 31.4 Å². The summed E-state index contributed by atoms with van der Waals surface area (Å²) in [4.78, 5) is 9.16. The number of nitro groups is 1. The number of nitro benzene ring substituents is 1. The number of hydrogen-bond donors (Lipinski definition) is 1. The molecule has 1 aromatic rings. The summed E-state index contributed by atoms with van der Waals surface area (Å²) in [5.74, 6) is 2.14. The molecular formula is C11H11FN2O4S2. The lowest BCUT2D eigenvalue weighted by molar-refractivity contribution is -0.387. The molecule has 0 spiro atoms. The average Bonchev–Trinajstić information content (AvgIpc) is 2.37. The van der Waals surface area contributed by atoms with Crippen molar-refractivity contribution in [3.63, 3.8) is 0 Å². The van der Waals surface area contributed by atoms with Gasteiger partial charge >= 0.3 is 5.69 Å². The first-order valence-corrected chi connectivity index (χ1v) is 7.97. The zero-order chi connectivity index (χ0) is 15.2. The molecule has 0 fully saturated rings. The highest BCUT2D eigenvalue weighted by atomic mass is 32.2. The first kappa shape index (κ1) is 16.4. The van der Waals surface area contributed by atoms with Crippen LogP contribution in [0.3, 0.4) is 0 Å². The van der Waals surface area contributed by atoms with E-state index in [0.29, 0.717) is 17.6 Å². The van der Waals surface area contributed by atoms with E-state index in [4.69, 9.17) is 6.42 Å². The van der Waals surface area contributed by atoms with Crippen LogP contribution in [0.25, 0.3) is 0 Å². The van der Waals surface area contributed by atoms with Gasteiger partial charge < -0.3 is 0 Å². The van der Waals surface area contributed by atoms with Crippen molar-refractivity contribution in [2.24, 2.45) is 0 Å². The van der Waals surface area contributed by atoms with E-state index >= 15 is 0 Å². The van der Waals surface area contributed by atoms with Gasteiger partial charge in [0, 0.05) is 24.4 Å².